The highest BCUT2D eigenvalue weighted by molar-refractivity contribution is 5.93. The number of hydrogen-bond acceptors (Lipinski definition) is 3. The molecule has 0 saturated carbocycles. The number of hydrogen-bond donors (Lipinski definition) is 1. The molecule has 1 N–H and O–H groups in total. The maximum atomic E-state index is 12.0. The molecule has 3 heterocycles. The first-order valence-electron chi connectivity index (χ1n) is 5.38. The van der Waals surface area contributed by atoms with Crippen molar-refractivity contribution in [3.63, 3.8) is 0 Å². The molecule has 1 aromatic rings. The fourth-order valence-electron chi connectivity index (χ4n) is 2.57. The van der Waals surface area contributed by atoms with Gasteiger partial charge in [-0.1, -0.05) is 0 Å². The zero-order valence-corrected chi connectivity index (χ0v) is 8.48. The summed E-state index contributed by atoms with van der Waals surface area (Å²) in [4.78, 5) is 14.0. The Morgan fingerprint density at radius 1 is 1.53 bits per heavy atom. The van der Waals surface area contributed by atoms with Gasteiger partial charge in [0.15, 0.2) is 0 Å². The highest BCUT2D eigenvalue weighted by Gasteiger charge is 2.34. The van der Waals surface area contributed by atoms with E-state index in [1.165, 1.54) is 12.7 Å². The standard InChI is InChI=1S/C11H14N2O2/c14-11(9-1-2-15-7-9)13-5-8-3-10(6-13)12-4-8/h1-2,7-8,10,12H,3-6H2/t8-,10-/m0/s1. The Morgan fingerprint density at radius 2 is 2.47 bits per heavy atom. The van der Waals surface area contributed by atoms with Crippen LogP contribution in [-0.2, 0) is 0 Å². The number of carbonyl (C=O) groups excluding carboxylic acids is 1. The van der Waals surface area contributed by atoms with Crippen LogP contribution in [0.15, 0.2) is 23.0 Å². The second-order valence-electron chi connectivity index (χ2n) is 4.43. The van der Waals surface area contributed by atoms with E-state index in [0.29, 0.717) is 17.5 Å². The van der Waals surface area contributed by atoms with Crippen LogP contribution < -0.4 is 5.32 Å². The van der Waals surface area contributed by atoms with Crippen molar-refractivity contribution in [1.29, 1.82) is 0 Å². The van der Waals surface area contributed by atoms with Crippen molar-refractivity contribution >= 4 is 5.91 Å². The van der Waals surface area contributed by atoms with E-state index >= 15 is 0 Å². The van der Waals surface area contributed by atoms with Crippen molar-refractivity contribution in [2.45, 2.75) is 12.5 Å². The third kappa shape index (κ3) is 1.55. The molecule has 0 unspecified atom stereocenters. The first-order chi connectivity index (χ1) is 7.33. The Labute approximate surface area is 88.2 Å². The molecule has 2 fully saturated rings. The molecule has 1 amide bonds. The summed E-state index contributed by atoms with van der Waals surface area (Å²) >= 11 is 0. The van der Waals surface area contributed by atoms with Gasteiger partial charge >= 0.3 is 0 Å². The fraction of sp³-hybridized carbons (Fsp3) is 0.545. The maximum Gasteiger partial charge on any atom is 0.257 e. The summed E-state index contributed by atoms with van der Waals surface area (Å²) in [5.41, 5.74) is 0.663. The average molecular weight is 206 g/mol. The SMILES string of the molecule is O=C(c1ccoc1)N1C[C@@H]2CN[C@@H](C2)C1. The number of rotatable bonds is 1. The van der Waals surface area contributed by atoms with E-state index in [1.807, 2.05) is 4.90 Å². The van der Waals surface area contributed by atoms with E-state index in [4.69, 9.17) is 4.42 Å². The monoisotopic (exact) mass is 206 g/mol. The molecular formula is C11H14N2O2. The first kappa shape index (κ1) is 8.97. The van der Waals surface area contributed by atoms with Crippen molar-refractivity contribution in [1.82, 2.24) is 10.2 Å². The normalized spacial score (nSPS) is 29.5. The molecule has 0 radical (unpaired) electrons. The number of carbonyl (C=O) groups is 1. The minimum Gasteiger partial charge on any atom is -0.472 e. The molecule has 0 spiro atoms. The van der Waals surface area contributed by atoms with Gasteiger partial charge in [0, 0.05) is 25.7 Å². The Kier molecular flexibility index (Phi) is 2.02. The van der Waals surface area contributed by atoms with Crippen LogP contribution in [0.2, 0.25) is 0 Å². The summed E-state index contributed by atoms with van der Waals surface area (Å²) in [5, 5.41) is 3.43. The molecule has 4 nitrogen and oxygen atoms in total. The van der Waals surface area contributed by atoms with E-state index in [1.54, 1.807) is 12.3 Å². The number of piperidine rings is 1. The molecular weight excluding hydrogens is 192 g/mol. The minimum atomic E-state index is 0.0992. The van der Waals surface area contributed by atoms with Gasteiger partial charge in [-0.15, -0.1) is 0 Å². The topological polar surface area (TPSA) is 45.5 Å². The summed E-state index contributed by atoms with van der Waals surface area (Å²) in [6, 6.07) is 2.23. The predicted octanol–water partition coefficient (Wildman–Crippen LogP) is 0.714. The molecule has 0 aliphatic carbocycles. The van der Waals surface area contributed by atoms with Crippen LogP contribution >= 0.6 is 0 Å². The Bertz CT molecular complexity index is 349. The summed E-state index contributed by atoms with van der Waals surface area (Å²) in [6.45, 7) is 2.77. The van der Waals surface area contributed by atoms with E-state index in [-0.39, 0.29) is 5.91 Å². The molecule has 2 atom stereocenters. The van der Waals surface area contributed by atoms with Gasteiger partial charge < -0.3 is 14.6 Å². The molecule has 2 aliphatic rings. The third-order valence-electron chi connectivity index (χ3n) is 3.29. The van der Waals surface area contributed by atoms with Crippen molar-refractivity contribution in [2.24, 2.45) is 5.92 Å². The van der Waals surface area contributed by atoms with Crippen molar-refractivity contribution < 1.29 is 9.21 Å². The molecule has 15 heavy (non-hydrogen) atoms. The molecule has 3 rings (SSSR count). The van der Waals surface area contributed by atoms with Crippen LogP contribution in [0.5, 0.6) is 0 Å². The number of furan rings is 1. The third-order valence-corrected chi connectivity index (χ3v) is 3.29. The summed E-state index contributed by atoms with van der Waals surface area (Å²) in [5.74, 6) is 0.738. The fourth-order valence-corrected chi connectivity index (χ4v) is 2.57. The lowest BCUT2D eigenvalue weighted by molar-refractivity contribution is 0.0691. The molecule has 80 valence electrons. The van der Waals surface area contributed by atoms with E-state index < -0.39 is 0 Å². The molecule has 2 aliphatic heterocycles. The zero-order valence-electron chi connectivity index (χ0n) is 8.48. The lowest BCUT2D eigenvalue weighted by Gasteiger charge is -2.30. The predicted molar refractivity (Wildman–Crippen MR) is 54.5 cm³/mol. The van der Waals surface area contributed by atoms with E-state index in [2.05, 4.69) is 5.32 Å². The van der Waals surface area contributed by atoms with E-state index in [9.17, 15) is 4.79 Å². The Balaban J connectivity index is 1.75. The van der Waals surface area contributed by atoms with Gasteiger partial charge in [-0.3, -0.25) is 4.79 Å². The lowest BCUT2D eigenvalue weighted by atomic mass is 9.99. The second kappa shape index (κ2) is 3.38. The number of likely N-dealkylation sites (tertiary alicyclic amines) is 1. The molecule has 2 bridgehead atoms. The molecule has 0 aromatic carbocycles. The smallest absolute Gasteiger partial charge is 0.257 e. The molecule has 1 aromatic heterocycles. The Hall–Kier alpha value is -1.29. The van der Waals surface area contributed by atoms with Crippen LogP contribution in [-0.4, -0.2) is 36.5 Å². The molecule has 4 heteroatoms. The van der Waals surface area contributed by atoms with Gasteiger partial charge in [-0.25, -0.2) is 0 Å². The van der Waals surface area contributed by atoms with Crippen LogP contribution in [0.4, 0.5) is 0 Å². The number of nitrogens with zero attached hydrogens (tertiary/aromatic N) is 1. The second-order valence-corrected chi connectivity index (χ2v) is 4.43. The highest BCUT2D eigenvalue weighted by Crippen LogP contribution is 2.23. The van der Waals surface area contributed by atoms with Gasteiger partial charge in [0.25, 0.3) is 5.91 Å². The van der Waals surface area contributed by atoms with E-state index in [0.717, 1.165) is 19.6 Å². The van der Waals surface area contributed by atoms with Crippen LogP contribution in [0.1, 0.15) is 16.8 Å². The van der Waals surface area contributed by atoms with Gasteiger partial charge in [0.1, 0.15) is 6.26 Å². The minimum absolute atomic E-state index is 0.0992. The molecule has 2 saturated heterocycles. The lowest BCUT2D eigenvalue weighted by Crippen LogP contribution is -2.44. The van der Waals surface area contributed by atoms with Gasteiger partial charge in [-0.05, 0) is 18.4 Å². The first-order valence-corrected chi connectivity index (χ1v) is 5.38. The zero-order chi connectivity index (χ0) is 10.3. The van der Waals surface area contributed by atoms with Crippen LogP contribution in [0, 0.1) is 5.92 Å². The van der Waals surface area contributed by atoms with Crippen molar-refractivity contribution in [3.05, 3.63) is 24.2 Å². The number of fused-ring (bicyclic) bond motifs is 2. The largest absolute Gasteiger partial charge is 0.472 e. The quantitative estimate of drug-likeness (QED) is 0.736. The van der Waals surface area contributed by atoms with Crippen molar-refractivity contribution in [2.75, 3.05) is 19.6 Å². The maximum absolute atomic E-state index is 12.0. The van der Waals surface area contributed by atoms with Gasteiger partial charge in [0.2, 0.25) is 0 Å². The highest BCUT2D eigenvalue weighted by atomic mass is 16.3. The van der Waals surface area contributed by atoms with Crippen LogP contribution in [0.25, 0.3) is 0 Å². The van der Waals surface area contributed by atoms with Crippen LogP contribution in [0.3, 0.4) is 0 Å². The summed E-state index contributed by atoms with van der Waals surface area (Å²) < 4.78 is 4.93. The summed E-state index contributed by atoms with van der Waals surface area (Å²) in [6.07, 6.45) is 4.28. The van der Waals surface area contributed by atoms with Gasteiger partial charge in [-0.2, -0.15) is 0 Å². The Morgan fingerprint density at radius 3 is 3.20 bits per heavy atom. The average Bonchev–Trinajstić information content (AvgIpc) is 2.87. The summed E-state index contributed by atoms with van der Waals surface area (Å²) in [7, 11) is 0. The van der Waals surface area contributed by atoms with Gasteiger partial charge in [0.05, 0.1) is 11.8 Å². The number of nitrogens with one attached hydrogen (secondary N) is 1. The van der Waals surface area contributed by atoms with Crippen molar-refractivity contribution in [3.8, 4) is 0 Å². The number of amides is 1.